The Morgan fingerprint density at radius 3 is 2.41 bits per heavy atom. The van der Waals surface area contributed by atoms with Crippen LogP contribution in [0.25, 0.3) is 0 Å². The molecule has 162 valence electrons. The first kappa shape index (κ1) is 22.2. The highest BCUT2D eigenvalue weighted by Crippen LogP contribution is 2.33. The van der Waals surface area contributed by atoms with Gasteiger partial charge in [-0.1, -0.05) is 20.3 Å². The van der Waals surface area contributed by atoms with Gasteiger partial charge < -0.3 is 4.90 Å². The molecule has 1 amide bonds. The summed E-state index contributed by atoms with van der Waals surface area (Å²) >= 11 is 0. The largest absolute Gasteiger partial charge is 0.310 e. The fourth-order valence-corrected chi connectivity index (χ4v) is 6.84. The van der Waals surface area contributed by atoms with Crippen LogP contribution in [0.5, 0.6) is 0 Å². The summed E-state index contributed by atoms with van der Waals surface area (Å²) in [4.78, 5) is 15.0. The second-order valence-corrected chi connectivity index (χ2v) is 11.4. The Morgan fingerprint density at radius 1 is 1.10 bits per heavy atom. The molecule has 10 heteroatoms. The lowest BCUT2D eigenvalue weighted by Crippen LogP contribution is -2.52. The second kappa shape index (κ2) is 8.33. The van der Waals surface area contributed by atoms with Gasteiger partial charge in [0, 0.05) is 31.9 Å². The Morgan fingerprint density at radius 2 is 1.79 bits per heavy atom. The third-order valence-electron chi connectivity index (χ3n) is 5.72. The van der Waals surface area contributed by atoms with Gasteiger partial charge in [0.15, 0.2) is 0 Å². The van der Waals surface area contributed by atoms with Crippen molar-refractivity contribution in [3.63, 3.8) is 0 Å². The molecule has 3 rings (SSSR count). The van der Waals surface area contributed by atoms with E-state index in [9.17, 15) is 21.6 Å². The van der Waals surface area contributed by atoms with E-state index in [2.05, 4.69) is 0 Å². The summed E-state index contributed by atoms with van der Waals surface area (Å²) in [5.74, 6) is -0.228. The molecule has 2 aliphatic heterocycles. The number of rotatable bonds is 6. The molecule has 2 heterocycles. The van der Waals surface area contributed by atoms with Crippen molar-refractivity contribution in [2.45, 2.75) is 50.5 Å². The molecular weight excluding hydrogens is 414 g/mol. The molecule has 0 spiro atoms. The fraction of sp³-hybridized carbons (Fsp3) is 0.632. The molecule has 1 aromatic rings. The number of fused-ring (bicyclic) bond motifs is 1. The number of sulfonamides is 2. The molecule has 1 fully saturated rings. The van der Waals surface area contributed by atoms with E-state index in [-0.39, 0.29) is 10.8 Å². The second-order valence-electron chi connectivity index (χ2n) is 7.51. The molecule has 1 aromatic carbocycles. The lowest BCUT2D eigenvalue weighted by atomic mass is 10.0. The van der Waals surface area contributed by atoms with Crippen molar-refractivity contribution < 1.29 is 21.6 Å². The van der Waals surface area contributed by atoms with E-state index in [1.165, 1.54) is 14.7 Å². The van der Waals surface area contributed by atoms with Crippen LogP contribution in [0.1, 0.15) is 38.7 Å². The summed E-state index contributed by atoms with van der Waals surface area (Å²) in [6.07, 6.45) is 3.76. The summed E-state index contributed by atoms with van der Waals surface area (Å²) in [5, 5.41) is 0. The van der Waals surface area contributed by atoms with Crippen molar-refractivity contribution in [3.8, 4) is 0 Å². The van der Waals surface area contributed by atoms with Crippen molar-refractivity contribution in [1.29, 1.82) is 0 Å². The standard InChI is InChI=1S/C19H29N3O5S2/c1-4-20(5-2)29(26,27)16-9-10-17-15(14-16)11-13-21(17)19(23)18-8-6-7-12-22(18)28(3,24)25/h9-10,14,18H,4-8,11-13H2,1-3H3. The predicted molar refractivity (Wildman–Crippen MR) is 112 cm³/mol. The molecule has 29 heavy (non-hydrogen) atoms. The summed E-state index contributed by atoms with van der Waals surface area (Å²) in [6, 6.07) is 4.16. The summed E-state index contributed by atoms with van der Waals surface area (Å²) in [7, 11) is -7.03. The van der Waals surface area contributed by atoms with E-state index in [1.54, 1.807) is 30.9 Å². The van der Waals surface area contributed by atoms with Crippen molar-refractivity contribution in [2.75, 3.05) is 37.3 Å². The van der Waals surface area contributed by atoms with Crippen molar-refractivity contribution >= 4 is 31.6 Å². The lowest BCUT2D eigenvalue weighted by molar-refractivity contribution is -0.123. The van der Waals surface area contributed by atoms with Gasteiger partial charge >= 0.3 is 0 Å². The maximum atomic E-state index is 13.2. The molecule has 0 radical (unpaired) electrons. The van der Waals surface area contributed by atoms with E-state index in [0.717, 1.165) is 24.7 Å². The molecule has 1 saturated heterocycles. The average Bonchev–Trinajstić information content (AvgIpc) is 3.10. The van der Waals surface area contributed by atoms with Crippen LogP contribution < -0.4 is 4.90 Å². The van der Waals surface area contributed by atoms with E-state index in [0.29, 0.717) is 44.7 Å². The van der Waals surface area contributed by atoms with Crippen molar-refractivity contribution in [1.82, 2.24) is 8.61 Å². The number of carbonyl (C=O) groups is 1. The highest BCUT2D eigenvalue weighted by molar-refractivity contribution is 7.89. The van der Waals surface area contributed by atoms with Gasteiger partial charge in [-0.3, -0.25) is 4.79 Å². The maximum absolute atomic E-state index is 13.2. The smallest absolute Gasteiger partial charge is 0.245 e. The molecule has 0 bridgehead atoms. The topological polar surface area (TPSA) is 95.1 Å². The number of carbonyl (C=O) groups excluding carboxylic acids is 1. The normalized spacial score (nSPS) is 20.8. The third kappa shape index (κ3) is 4.21. The van der Waals surface area contributed by atoms with Crippen LogP contribution in [0, 0.1) is 0 Å². The number of piperidine rings is 1. The van der Waals surface area contributed by atoms with Gasteiger partial charge in [-0.25, -0.2) is 16.8 Å². The first-order valence-corrected chi connectivity index (χ1v) is 13.3. The van der Waals surface area contributed by atoms with Gasteiger partial charge in [0.1, 0.15) is 6.04 Å². The average molecular weight is 444 g/mol. The van der Waals surface area contributed by atoms with Gasteiger partial charge in [0.05, 0.1) is 11.2 Å². The Labute approximate surface area is 173 Å². The summed E-state index contributed by atoms with van der Waals surface area (Å²) in [6.45, 7) is 5.17. The van der Waals surface area contributed by atoms with E-state index in [1.807, 2.05) is 0 Å². The van der Waals surface area contributed by atoms with Gasteiger partial charge in [0.25, 0.3) is 0 Å². The SMILES string of the molecule is CCN(CC)S(=O)(=O)c1ccc2c(c1)CCN2C(=O)C1CCCCN1S(C)(=O)=O. The predicted octanol–water partition coefficient (Wildman–Crippen LogP) is 1.42. The number of hydrogen-bond donors (Lipinski definition) is 0. The van der Waals surface area contributed by atoms with Crippen molar-refractivity contribution in [2.24, 2.45) is 0 Å². The van der Waals surface area contributed by atoms with Gasteiger partial charge in [-0.05, 0) is 43.0 Å². The van der Waals surface area contributed by atoms with Crippen molar-refractivity contribution in [3.05, 3.63) is 23.8 Å². The maximum Gasteiger partial charge on any atom is 0.245 e. The Kier molecular flexibility index (Phi) is 6.38. The number of benzene rings is 1. The minimum atomic E-state index is -3.57. The van der Waals surface area contributed by atoms with Crippen LogP contribution in [0.3, 0.4) is 0 Å². The zero-order valence-electron chi connectivity index (χ0n) is 17.2. The Balaban J connectivity index is 1.89. The summed E-state index contributed by atoms with van der Waals surface area (Å²) in [5.41, 5.74) is 1.47. The van der Waals surface area contributed by atoms with Gasteiger partial charge in [-0.15, -0.1) is 0 Å². The number of hydrogen-bond acceptors (Lipinski definition) is 5. The molecule has 0 aliphatic carbocycles. The van der Waals surface area contributed by atoms with Crippen LogP contribution in [0.4, 0.5) is 5.69 Å². The Bertz CT molecular complexity index is 987. The highest BCUT2D eigenvalue weighted by atomic mass is 32.2. The zero-order chi connectivity index (χ0) is 21.4. The highest BCUT2D eigenvalue weighted by Gasteiger charge is 2.39. The van der Waals surface area contributed by atoms with Crippen LogP contribution in [-0.2, 0) is 31.3 Å². The minimum Gasteiger partial charge on any atom is -0.310 e. The van der Waals surface area contributed by atoms with E-state index >= 15 is 0 Å². The Hall–Kier alpha value is -1.49. The van der Waals surface area contributed by atoms with Gasteiger partial charge in [0.2, 0.25) is 26.0 Å². The quantitative estimate of drug-likeness (QED) is 0.663. The molecule has 2 aliphatic rings. The summed E-state index contributed by atoms with van der Waals surface area (Å²) < 4.78 is 52.5. The molecule has 8 nitrogen and oxygen atoms in total. The molecule has 1 unspecified atom stereocenters. The monoisotopic (exact) mass is 443 g/mol. The van der Waals surface area contributed by atoms with E-state index < -0.39 is 26.1 Å². The fourth-order valence-electron chi connectivity index (χ4n) is 4.21. The first-order valence-electron chi connectivity index (χ1n) is 10.0. The van der Waals surface area contributed by atoms with E-state index in [4.69, 9.17) is 0 Å². The lowest BCUT2D eigenvalue weighted by Gasteiger charge is -2.35. The third-order valence-corrected chi connectivity index (χ3v) is 9.06. The van der Waals surface area contributed by atoms with Crippen LogP contribution in [0.2, 0.25) is 0 Å². The minimum absolute atomic E-state index is 0.227. The number of amides is 1. The first-order chi connectivity index (χ1) is 13.6. The zero-order valence-corrected chi connectivity index (χ0v) is 18.8. The molecule has 0 saturated carbocycles. The molecule has 0 N–H and O–H groups in total. The number of nitrogens with zero attached hydrogens (tertiary/aromatic N) is 3. The molecular formula is C19H29N3O5S2. The molecule has 1 atom stereocenters. The van der Waals surface area contributed by atoms with Crippen LogP contribution >= 0.6 is 0 Å². The van der Waals surface area contributed by atoms with Gasteiger partial charge in [-0.2, -0.15) is 8.61 Å². The van der Waals surface area contributed by atoms with Crippen LogP contribution in [0.15, 0.2) is 23.1 Å². The van der Waals surface area contributed by atoms with Crippen LogP contribution in [-0.4, -0.2) is 69.8 Å². The number of anilines is 1. The molecule has 0 aromatic heterocycles.